The fourth-order valence-electron chi connectivity index (χ4n) is 2.96. The van der Waals surface area contributed by atoms with Crippen LogP contribution in [-0.2, 0) is 13.1 Å². The Morgan fingerprint density at radius 1 is 0.696 bits per heavy atom. The summed E-state index contributed by atoms with van der Waals surface area (Å²) >= 11 is 0. The van der Waals surface area contributed by atoms with Crippen molar-refractivity contribution < 1.29 is 0 Å². The molecule has 0 spiro atoms. The van der Waals surface area contributed by atoms with E-state index in [1.54, 1.807) is 0 Å². The average molecular weight is 309 g/mol. The topological polar surface area (TPSA) is 3.24 Å². The Hall–Kier alpha value is -1.60. The molecule has 0 radical (unpaired) electrons. The van der Waals surface area contributed by atoms with E-state index in [1.807, 2.05) is 0 Å². The van der Waals surface area contributed by atoms with Gasteiger partial charge in [0.05, 0.1) is 0 Å². The van der Waals surface area contributed by atoms with E-state index in [-0.39, 0.29) is 0 Å². The van der Waals surface area contributed by atoms with Crippen LogP contribution in [0.3, 0.4) is 0 Å². The van der Waals surface area contributed by atoms with E-state index >= 15 is 0 Å². The minimum atomic E-state index is 0.833. The lowest BCUT2D eigenvalue weighted by molar-refractivity contribution is 0.249. The molecule has 0 fully saturated rings. The van der Waals surface area contributed by atoms with Gasteiger partial charge in [-0.3, -0.25) is 4.90 Å². The van der Waals surface area contributed by atoms with Gasteiger partial charge in [-0.05, 0) is 30.0 Å². The third kappa shape index (κ3) is 7.47. The van der Waals surface area contributed by atoms with E-state index in [4.69, 9.17) is 0 Å². The van der Waals surface area contributed by atoms with Gasteiger partial charge in [0.15, 0.2) is 0 Å². The molecule has 23 heavy (non-hydrogen) atoms. The van der Waals surface area contributed by atoms with Gasteiger partial charge in [0.25, 0.3) is 0 Å². The number of nitrogens with zero attached hydrogens (tertiary/aromatic N) is 1. The molecule has 0 heterocycles. The summed E-state index contributed by atoms with van der Waals surface area (Å²) in [4.78, 5) is 2.58. The quantitative estimate of drug-likeness (QED) is 0.493. The van der Waals surface area contributed by atoms with Crippen LogP contribution >= 0.6 is 0 Å². The smallest absolute Gasteiger partial charge is 0.0237 e. The molecule has 0 atom stereocenters. The van der Waals surface area contributed by atoms with E-state index in [0.717, 1.165) is 19.0 Å². The van der Waals surface area contributed by atoms with Crippen molar-refractivity contribution in [3.63, 3.8) is 0 Å². The summed E-state index contributed by atoms with van der Waals surface area (Å²) < 4.78 is 0. The Morgan fingerprint density at radius 2 is 1.22 bits per heavy atom. The molecule has 1 nitrogen and oxygen atoms in total. The molecule has 0 aliphatic carbocycles. The maximum Gasteiger partial charge on any atom is 0.0237 e. The zero-order valence-electron chi connectivity index (χ0n) is 14.7. The second-order valence-corrected chi connectivity index (χ2v) is 6.93. The Kier molecular flexibility index (Phi) is 7.89. The third-order valence-corrected chi connectivity index (χ3v) is 4.25. The SMILES string of the molecule is CC(C)CCCCCN(Cc1ccccc1)Cc1ccccc1. The van der Waals surface area contributed by atoms with Crippen molar-refractivity contribution in [2.45, 2.75) is 52.6 Å². The molecule has 2 aromatic rings. The summed E-state index contributed by atoms with van der Waals surface area (Å²) in [6, 6.07) is 21.7. The van der Waals surface area contributed by atoms with E-state index < -0.39 is 0 Å². The lowest BCUT2D eigenvalue weighted by Crippen LogP contribution is -2.24. The molecular weight excluding hydrogens is 278 g/mol. The first-order valence-electron chi connectivity index (χ1n) is 9.04. The van der Waals surface area contributed by atoms with Crippen LogP contribution in [0.25, 0.3) is 0 Å². The van der Waals surface area contributed by atoms with Crippen molar-refractivity contribution in [3.05, 3.63) is 71.8 Å². The minimum absolute atomic E-state index is 0.833. The Labute approximate surface area is 142 Å². The molecular formula is C22H31N. The van der Waals surface area contributed by atoms with Crippen LogP contribution in [0.15, 0.2) is 60.7 Å². The zero-order chi connectivity index (χ0) is 16.3. The summed E-state index contributed by atoms with van der Waals surface area (Å²) in [5.41, 5.74) is 2.82. The number of hydrogen-bond acceptors (Lipinski definition) is 1. The normalized spacial score (nSPS) is 11.3. The van der Waals surface area contributed by atoms with Gasteiger partial charge in [-0.25, -0.2) is 0 Å². The molecule has 0 unspecified atom stereocenters. The average Bonchev–Trinajstić information content (AvgIpc) is 2.56. The van der Waals surface area contributed by atoms with Gasteiger partial charge in [0.2, 0.25) is 0 Å². The largest absolute Gasteiger partial charge is 0.295 e. The molecule has 2 aromatic carbocycles. The highest BCUT2D eigenvalue weighted by molar-refractivity contribution is 5.17. The third-order valence-electron chi connectivity index (χ3n) is 4.25. The fraction of sp³-hybridized carbons (Fsp3) is 0.455. The summed E-state index contributed by atoms with van der Waals surface area (Å²) in [5.74, 6) is 0.833. The van der Waals surface area contributed by atoms with Gasteiger partial charge >= 0.3 is 0 Å². The van der Waals surface area contributed by atoms with Crippen LogP contribution < -0.4 is 0 Å². The number of rotatable bonds is 10. The lowest BCUT2D eigenvalue weighted by Gasteiger charge is -2.22. The predicted molar refractivity (Wildman–Crippen MR) is 100 cm³/mol. The molecule has 1 heteroatoms. The highest BCUT2D eigenvalue weighted by Crippen LogP contribution is 2.13. The van der Waals surface area contributed by atoms with Crippen molar-refractivity contribution in [1.29, 1.82) is 0 Å². The van der Waals surface area contributed by atoms with E-state index in [0.29, 0.717) is 0 Å². The van der Waals surface area contributed by atoms with Gasteiger partial charge in [-0.15, -0.1) is 0 Å². The summed E-state index contributed by atoms with van der Waals surface area (Å²) in [6.07, 6.45) is 5.37. The maximum atomic E-state index is 2.58. The van der Waals surface area contributed by atoms with E-state index in [2.05, 4.69) is 79.4 Å². The highest BCUT2D eigenvalue weighted by atomic mass is 15.1. The Balaban J connectivity index is 1.86. The van der Waals surface area contributed by atoms with Crippen LogP contribution in [0.5, 0.6) is 0 Å². The molecule has 0 saturated carbocycles. The van der Waals surface area contributed by atoms with E-state index in [9.17, 15) is 0 Å². The molecule has 0 saturated heterocycles. The summed E-state index contributed by atoms with van der Waals surface area (Å²) in [7, 11) is 0. The molecule has 0 aliphatic heterocycles. The number of unbranched alkanes of at least 4 members (excludes halogenated alkanes) is 2. The molecule has 0 N–H and O–H groups in total. The second-order valence-electron chi connectivity index (χ2n) is 6.93. The van der Waals surface area contributed by atoms with Crippen molar-refractivity contribution in [2.24, 2.45) is 5.92 Å². The molecule has 0 aromatic heterocycles. The number of benzene rings is 2. The number of hydrogen-bond donors (Lipinski definition) is 0. The highest BCUT2D eigenvalue weighted by Gasteiger charge is 2.07. The van der Waals surface area contributed by atoms with Crippen LogP contribution in [0, 0.1) is 5.92 Å². The lowest BCUT2D eigenvalue weighted by atomic mass is 10.1. The molecule has 2 rings (SSSR count). The van der Waals surface area contributed by atoms with Gasteiger partial charge in [-0.2, -0.15) is 0 Å². The van der Waals surface area contributed by atoms with Crippen molar-refractivity contribution >= 4 is 0 Å². The van der Waals surface area contributed by atoms with Gasteiger partial charge in [0, 0.05) is 13.1 Å². The van der Waals surface area contributed by atoms with Crippen molar-refractivity contribution in [3.8, 4) is 0 Å². The van der Waals surface area contributed by atoms with Gasteiger partial charge < -0.3 is 0 Å². The first-order valence-corrected chi connectivity index (χ1v) is 9.04. The van der Waals surface area contributed by atoms with Crippen LogP contribution in [0.2, 0.25) is 0 Å². The predicted octanol–water partition coefficient (Wildman–Crippen LogP) is 5.91. The zero-order valence-corrected chi connectivity index (χ0v) is 14.7. The monoisotopic (exact) mass is 309 g/mol. The van der Waals surface area contributed by atoms with Crippen LogP contribution in [0.4, 0.5) is 0 Å². The molecule has 0 amide bonds. The summed E-state index contributed by atoms with van der Waals surface area (Å²) in [5, 5.41) is 0. The summed E-state index contributed by atoms with van der Waals surface area (Å²) in [6.45, 7) is 7.90. The minimum Gasteiger partial charge on any atom is -0.295 e. The van der Waals surface area contributed by atoms with Crippen LogP contribution in [-0.4, -0.2) is 11.4 Å². The second kappa shape index (κ2) is 10.2. The molecule has 124 valence electrons. The standard InChI is InChI=1S/C22H31N/c1-20(2)12-6-5-11-17-23(18-21-13-7-3-8-14-21)19-22-15-9-4-10-16-22/h3-4,7-10,13-16,20H,5-6,11-12,17-19H2,1-2H3. The van der Waals surface area contributed by atoms with Crippen molar-refractivity contribution in [2.75, 3.05) is 6.54 Å². The first kappa shape index (κ1) is 17.7. The van der Waals surface area contributed by atoms with E-state index in [1.165, 1.54) is 43.4 Å². The van der Waals surface area contributed by atoms with Gasteiger partial charge in [-0.1, -0.05) is 93.8 Å². The van der Waals surface area contributed by atoms with Gasteiger partial charge in [0.1, 0.15) is 0 Å². The molecule has 0 bridgehead atoms. The van der Waals surface area contributed by atoms with Crippen molar-refractivity contribution in [1.82, 2.24) is 4.90 Å². The molecule has 0 aliphatic rings. The fourth-order valence-corrected chi connectivity index (χ4v) is 2.96. The van der Waals surface area contributed by atoms with Crippen LogP contribution in [0.1, 0.15) is 50.7 Å². The maximum absolute atomic E-state index is 2.58. The Bertz CT molecular complexity index is 477. The Morgan fingerprint density at radius 3 is 1.70 bits per heavy atom. The first-order chi connectivity index (χ1) is 11.2.